The largest absolute Gasteiger partial charge is 0.494 e. The number of hydrogen-bond acceptors (Lipinski definition) is 2. The monoisotopic (exact) mass is 277 g/mol. The number of pyridine rings is 1. The Morgan fingerprint density at radius 3 is 2.50 bits per heavy atom. The minimum absolute atomic E-state index is 0.692. The van der Waals surface area contributed by atoms with Crippen molar-refractivity contribution in [3.8, 4) is 16.9 Å². The molecule has 1 heterocycles. The predicted octanol–water partition coefficient (Wildman–Crippen LogP) is 3.91. The molecule has 0 N–H and O–H groups in total. The molecule has 0 atom stereocenters. The molecule has 3 heteroatoms. The topological polar surface area (TPSA) is 22.1 Å². The van der Waals surface area contributed by atoms with Crippen LogP contribution < -0.4 is 4.74 Å². The van der Waals surface area contributed by atoms with E-state index >= 15 is 0 Å². The molecule has 2 rings (SSSR count). The molecule has 0 radical (unpaired) electrons. The van der Waals surface area contributed by atoms with Gasteiger partial charge >= 0.3 is 0 Å². The molecule has 0 aliphatic rings. The van der Waals surface area contributed by atoms with E-state index in [1.54, 1.807) is 6.20 Å². The molecule has 16 heavy (non-hydrogen) atoms. The van der Waals surface area contributed by atoms with E-state index in [1.807, 2.05) is 43.5 Å². The van der Waals surface area contributed by atoms with E-state index < -0.39 is 0 Å². The molecule has 82 valence electrons. The van der Waals surface area contributed by atoms with E-state index in [0.717, 1.165) is 21.3 Å². The van der Waals surface area contributed by atoms with Crippen LogP contribution in [0.25, 0.3) is 11.1 Å². The van der Waals surface area contributed by atoms with Crippen LogP contribution in [0, 0.1) is 0 Å². The van der Waals surface area contributed by atoms with Gasteiger partial charge in [0, 0.05) is 22.4 Å². The first-order valence-electron chi connectivity index (χ1n) is 5.13. The highest BCUT2D eigenvalue weighted by molar-refractivity contribution is 9.10. The first-order valence-corrected chi connectivity index (χ1v) is 5.92. The van der Waals surface area contributed by atoms with Crippen LogP contribution in [0.5, 0.6) is 5.75 Å². The molecule has 0 saturated heterocycles. The molecule has 2 nitrogen and oxygen atoms in total. The minimum atomic E-state index is 0.692. The van der Waals surface area contributed by atoms with Gasteiger partial charge in [-0.3, -0.25) is 4.98 Å². The molecule has 0 fully saturated rings. The second-order valence-electron chi connectivity index (χ2n) is 3.35. The highest BCUT2D eigenvalue weighted by atomic mass is 79.9. The fourth-order valence-corrected chi connectivity index (χ4v) is 1.84. The Labute approximate surface area is 103 Å². The maximum absolute atomic E-state index is 5.40. The van der Waals surface area contributed by atoms with Crippen LogP contribution in [0.1, 0.15) is 6.92 Å². The Balaban J connectivity index is 2.27. The highest BCUT2D eigenvalue weighted by Crippen LogP contribution is 2.23. The molecule has 0 saturated carbocycles. The van der Waals surface area contributed by atoms with Crippen molar-refractivity contribution in [2.24, 2.45) is 0 Å². The number of ether oxygens (including phenoxy) is 1. The van der Waals surface area contributed by atoms with Gasteiger partial charge in [-0.05, 0) is 46.6 Å². The lowest BCUT2D eigenvalue weighted by Crippen LogP contribution is -1.90. The third-order valence-electron chi connectivity index (χ3n) is 2.20. The average molecular weight is 278 g/mol. The van der Waals surface area contributed by atoms with Crippen LogP contribution in [0.4, 0.5) is 0 Å². The third-order valence-corrected chi connectivity index (χ3v) is 2.64. The highest BCUT2D eigenvalue weighted by Gasteiger charge is 1.99. The first kappa shape index (κ1) is 11.1. The van der Waals surface area contributed by atoms with Gasteiger partial charge in [0.2, 0.25) is 0 Å². The Morgan fingerprint density at radius 1 is 1.12 bits per heavy atom. The summed E-state index contributed by atoms with van der Waals surface area (Å²) in [4.78, 5) is 4.14. The molecule has 1 aromatic carbocycles. The Hall–Kier alpha value is -1.35. The van der Waals surface area contributed by atoms with Crippen molar-refractivity contribution < 1.29 is 4.74 Å². The predicted molar refractivity (Wildman–Crippen MR) is 68.5 cm³/mol. The number of benzene rings is 1. The van der Waals surface area contributed by atoms with Crippen LogP contribution in [0.2, 0.25) is 0 Å². The van der Waals surface area contributed by atoms with E-state index in [0.29, 0.717) is 6.61 Å². The standard InChI is InChI=1S/C13H12BrNO/c1-2-16-13-5-3-10(4-6-13)11-7-12(14)9-15-8-11/h3-9H,2H2,1H3. The van der Waals surface area contributed by atoms with Crippen molar-refractivity contribution in [3.63, 3.8) is 0 Å². The van der Waals surface area contributed by atoms with Crippen LogP contribution in [-0.2, 0) is 0 Å². The number of halogens is 1. The molecular formula is C13H12BrNO. The first-order chi connectivity index (χ1) is 7.79. The van der Waals surface area contributed by atoms with Crippen molar-refractivity contribution in [1.29, 1.82) is 0 Å². The van der Waals surface area contributed by atoms with Gasteiger partial charge in [0.15, 0.2) is 0 Å². The molecule has 0 amide bonds. The number of nitrogens with zero attached hydrogens (tertiary/aromatic N) is 1. The summed E-state index contributed by atoms with van der Waals surface area (Å²) in [6.45, 7) is 2.67. The van der Waals surface area contributed by atoms with Crippen LogP contribution in [-0.4, -0.2) is 11.6 Å². The zero-order chi connectivity index (χ0) is 11.4. The molecule has 0 unspecified atom stereocenters. The number of hydrogen-bond donors (Lipinski definition) is 0. The summed E-state index contributed by atoms with van der Waals surface area (Å²) in [6, 6.07) is 10.1. The third kappa shape index (κ3) is 2.61. The maximum atomic E-state index is 5.40. The lowest BCUT2D eigenvalue weighted by Gasteiger charge is -2.05. The number of aromatic nitrogens is 1. The van der Waals surface area contributed by atoms with Crippen molar-refractivity contribution in [2.45, 2.75) is 6.92 Å². The average Bonchev–Trinajstić information content (AvgIpc) is 2.30. The lowest BCUT2D eigenvalue weighted by molar-refractivity contribution is 0.340. The van der Waals surface area contributed by atoms with Crippen LogP contribution >= 0.6 is 15.9 Å². The summed E-state index contributed by atoms with van der Waals surface area (Å²) in [6.07, 6.45) is 3.62. The van der Waals surface area contributed by atoms with E-state index in [9.17, 15) is 0 Å². The minimum Gasteiger partial charge on any atom is -0.494 e. The lowest BCUT2D eigenvalue weighted by atomic mass is 10.1. The quantitative estimate of drug-likeness (QED) is 0.849. The summed E-state index contributed by atoms with van der Waals surface area (Å²) < 4.78 is 6.38. The molecule has 0 bridgehead atoms. The normalized spacial score (nSPS) is 10.1. The van der Waals surface area contributed by atoms with Gasteiger partial charge in [-0.2, -0.15) is 0 Å². The van der Waals surface area contributed by atoms with Crippen molar-refractivity contribution >= 4 is 15.9 Å². The van der Waals surface area contributed by atoms with E-state index in [2.05, 4.69) is 20.9 Å². The summed E-state index contributed by atoms with van der Waals surface area (Å²) in [5.74, 6) is 0.897. The van der Waals surface area contributed by atoms with E-state index in [1.165, 1.54) is 0 Å². The Bertz CT molecular complexity index is 468. The summed E-state index contributed by atoms with van der Waals surface area (Å²) in [5, 5.41) is 0. The second kappa shape index (κ2) is 5.12. The maximum Gasteiger partial charge on any atom is 0.119 e. The van der Waals surface area contributed by atoms with Crippen molar-refractivity contribution in [2.75, 3.05) is 6.61 Å². The second-order valence-corrected chi connectivity index (χ2v) is 4.26. The zero-order valence-corrected chi connectivity index (χ0v) is 10.6. The fraction of sp³-hybridized carbons (Fsp3) is 0.154. The van der Waals surface area contributed by atoms with Crippen molar-refractivity contribution in [1.82, 2.24) is 4.98 Å². The van der Waals surface area contributed by atoms with Crippen LogP contribution in [0.15, 0.2) is 47.2 Å². The van der Waals surface area contributed by atoms with Crippen LogP contribution in [0.3, 0.4) is 0 Å². The Morgan fingerprint density at radius 2 is 1.88 bits per heavy atom. The smallest absolute Gasteiger partial charge is 0.119 e. The van der Waals surface area contributed by atoms with Crippen molar-refractivity contribution in [3.05, 3.63) is 47.2 Å². The summed E-state index contributed by atoms with van der Waals surface area (Å²) in [7, 11) is 0. The molecule has 1 aromatic heterocycles. The van der Waals surface area contributed by atoms with Gasteiger partial charge < -0.3 is 4.74 Å². The van der Waals surface area contributed by atoms with Gasteiger partial charge in [0.05, 0.1) is 6.61 Å². The Kier molecular flexibility index (Phi) is 3.57. The van der Waals surface area contributed by atoms with Gasteiger partial charge in [-0.25, -0.2) is 0 Å². The van der Waals surface area contributed by atoms with E-state index in [-0.39, 0.29) is 0 Å². The zero-order valence-electron chi connectivity index (χ0n) is 8.98. The van der Waals surface area contributed by atoms with Gasteiger partial charge in [-0.15, -0.1) is 0 Å². The molecule has 2 aromatic rings. The number of rotatable bonds is 3. The molecule has 0 aliphatic carbocycles. The van der Waals surface area contributed by atoms with E-state index in [4.69, 9.17) is 4.74 Å². The van der Waals surface area contributed by atoms with Gasteiger partial charge in [0.25, 0.3) is 0 Å². The molecule has 0 spiro atoms. The molecule has 0 aliphatic heterocycles. The molecular weight excluding hydrogens is 266 g/mol. The fourth-order valence-electron chi connectivity index (χ4n) is 1.48. The summed E-state index contributed by atoms with van der Waals surface area (Å²) >= 11 is 3.41. The van der Waals surface area contributed by atoms with Gasteiger partial charge in [0.1, 0.15) is 5.75 Å². The summed E-state index contributed by atoms with van der Waals surface area (Å²) in [5.41, 5.74) is 2.23. The van der Waals surface area contributed by atoms with Gasteiger partial charge in [-0.1, -0.05) is 12.1 Å². The SMILES string of the molecule is CCOc1ccc(-c2cncc(Br)c2)cc1.